The minimum absolute atomic E-state index is 0.779. The van der Waals surface area contributed by atoms with Crippen molar-refractivity contribution in [2.24, 2.45) is 0 Å². The van der Waals surface area contributed by atoms with Crippen molar-refractivity contribution in [2.45, 2.75) is 6.92 Å². The molecule has 0 bridgehead atoms. The van der Waals surface area contributed by atoms with Crippen LogP contribution in [0.3, 0.4) is 0 Å². The number of fused-ring (bicyclic) bond motifs is 2. The van der Waals surface area contributed by atoms with Crippen molar-refractivity contribution in [1.82, 2.24) is 0 Å². The van der Waals surface area contributed by atoms with Gasteiger partial charge < -0.3 is 0 Å². The molecule has 0 aliphatic rings. The van der Waals surface area contributed by atoms with Gasteiger partial charge in [-0.1, -0.05) is 47.5 Å². The van der Waals surface area contributed by atoms with E-state index in [2.05, 4.69) is 24.3 Å². The van der Waals surface area contributed by atoms with Gasteiger partial charge in [0.25, 0.3) is 0 Å². The van der Waals surface area contributed by atoms with Gasteiger partial charge in [-0.3, -0.25) is 0 Å². The highest BCUT2D eigenvalue weighted by atomic mass is 35.5. The summed E-state index contributed by atoms with van der Waals surface area (Å²) in [4.78, 5) is 0. The Labute approximate surface area is 110 Å². The van der Waals surface area contributed by atoms with Crippen molar-refractivity contribution in [3.63, 3.8) is 0 Å². The molecule has 0 heterocycles. The van der Waals surface area contributed by atoms with Gasteiger partial charge in [-0.2, -0.15) is 0 Å². The molecule has 0 aliphatic heterocycles. The second kappa shape index (κ2) is 3.90. The van der Waals surface area contributed by atoms with Gasteiger partial charge in [0.05, 0.1) is 5.02 Å². The third-order valence-electron chi connectivity index (χ3n) is 3.09. The predicted molar refractivity (Wildman–Crippen MR) is 76.2 cm³/mol. The third kappa shape index (κ3) is 1.69. The lowest BCUT2D eigenvalue weighted by Crippen LogP contribution is -1.81. The zero-order valence-electron chi connectivity index (χ0n) is 9.30. The minimum atomic E-state index is 0.779. The topological polar surface area (TPSA) is 0 Å². The summed E-state index contributed by atoms with van der Waals surface area (Å²) in [5.41, 5.74) is 1.10. The van der Waals surface area contributed by atoms with Gasteiger partial charge in [-0.15, -0.1) is 0 Å². The van der Waals surface area contributed by atoms with Crippen molar-refractivity contribution in [2.75, 3.05) is 0 Å². The Hall–Kier alpha value is -1.24. The maximum absolute atomic E-state index is 6.33. The monoisotopic (exact) mass is 260 g/mol. The standard InChI is InChI=1S/C15H10Cl2/c1-9-5-6-11-7-12-10(3-2-4-14(12)16)8-13(11)15(9)17/h2-8H,1H3. The molecule has 0 fully saturated rings. The fourth-order valence-corrected chi connectivity index (χ4v) is 2.60. The summed E-state index contributed by atoms with van der Waals surface area (Å²) in [6.07, 6.45) is 0. The van der Waals surface area contributed by atoms with E-state index in [9.17, 15) is 0 Å². The van der Waals surface area contributed by atoms with E-state index in [1.165, 1.54) is 0 Å². The lowest BCUT2D eigenvalue weighted by atomic mass is 10.0. The van der Waals surface area contributed by atoms with E-state index in [0.29, 0.717) is 0 Å². The van der Waals surface area contributed by atoms with Crippen molar-refractivity contribution in [3.05, 3.63) is 58.1 Å². The van der Waals surface area contributed by atoms with E-state index in [4.69, 9.17) is 23.2 Å². The maximum Gasteiger partial charge on any atom is 0.0513 e. The highest BCUT2D eigenvalue weighted by Gasteiger charge is 2.05. The van der Waals surface area contributed by atoms with Crippen LogP contribution < -0.4 is 0 Å². The molecular formula is C15H10Cl2. The van der Waals surface area contributed by atoms with Crippen LogP contribution in [0.15, 0.2) is 42.5 Å². The number of rotatable bonds is 0. The third-order valence-corrected chi connectivity index (χ3v) is 3.92. The number of hydrogen-bond donors (Lipinski definition) is 0. The molecule has 0 aliphatic carbocycles. The molecule has 0 spiro atoms. The molecule has 3 aromatic carbocycles. The molecule has 3 rings (SSSR count). The van der Waals surface area contributed by atoms with Crippen LogP contribution in [0.1, 0.15) is 5.56 Å². The summed E-state index contributed by atoms with van der Waals surface area (Å²) in [6, 6.07) is 14.2. The first kappa shape index (κ1) is 10.9. The van der Waals surface area contributed by atoms with Gasteiger partial charge in [-0.25, -0.2) is 0 Å². The van der Waals surface area contributed by atoms with E-state index < -0.39 is 0 Å². The Morgan fingerprint density at radius 3 is 2.35 bits per heavy atom. The molecule has 0 saturated heterocycles. The Balaban J connectivity index is 2.52. The van der Waals surface area contributed by atoms with Crippen LogP contribution in [-0.4, -0.2) is 0 Å². The average Bonchev–Trinajstić information content (AvgIpc) is 2.33. The Bertz CT molecular complexity index is 730. The zero-order valence-corrected chi connectivity index (χ0v) is 10.8. The lowest BCUT2D eigenvalue weighted by Gasteiger charge is -2.07. The molecule has 0 N–H and O–H groups in total. The van der Waals surface area contributed by atoms with Gasteiger partial charge >= 0.3 is 0 Å². The largest absolute Gasteiger partial charge is 0.0837 e. The molecule has 84 valence electrons. The Morgan fingerprint density at radius 1 is 0.824 bits per heavy atom. The van der Waals surface area contributed by atoms with Crippen molar-refractivity contribution < 1.29 is 0 Å². The number of benzene rings is 3. The molecule has 0 nitrogen and oxygen atoms in total. The van der Waals surface area contributed by atoms with Crippen molar-refractivity contribution >= 4 is 44.7 Å². The SMILES string of the molecule is Cc1ccc2cc3c(Cl)cccc3cc2c1Cl. The first-order chi connectivity index (χ1) is 8.16. The van der Waals surface area contributed by atoms with Crippen LogP contribution in [0.2, 0.25) is 10.0 Å². The number of halogens is 2. The average molecular weight is 261 g/mol. The van der Waals surface area contributed by atoms with Crippen LogP contribution in [-0.2, 0) is 0 Å². The smallest absolute Gasteiger partial charge is 0.0513 e. The fraction of sp³-hybridized carbons (Fsp3) is 0.0667. The summed E-state index contributed by atoms with van der Waals surface area (Å²) in [7, 11) is 0. The van der Waals surface area contributed by atoms with Gasteiger partial charge in [0, 0.05) is 15.8 Å². The van der Waals surface area contributed by atoms with Crippen LogP contribution in [0.25, 0.3) is 21.5 Å². The second-order valence-electron chi connectivity index (χ2n) is 4.23. The zero-order chi connectivity index (χ0) is 12.0. The predicted octanol–water partition coefficient (Wildman–Crippen LogP) is 5.61. The summed E-state index contributed by atoms with van der Waals surface area (Å²) in [6.45, 7) is 2.02. The van der Waals surface area contributed by atoms with Gasteiger partial charge in [-0.05, 0) is 41.5 Å². The van der Waals surface area contributed by atoms with Gasteiger partial charge in [0.1, 0.15) is 0 Å². The summed E-state index contributed by atoms with van der Waals surface area (Å²) in [5.74, 6) is 0. The molecule has 17 heavy (non-hydrogen) atoms. The fourth-order valence-electron chi connectivity index (χ4n) is 2.13. The maximum atomic E-state index is 6.33. The molecule has 0 saturated carbocycles. The van der Waals surface area contributed by atoms with E-state index in [-0.39, 0.29) is 0 Å². The summed E-state index contributed by atoms with van der Waals surface area (Å²) >= 11 is 12.5. The summed E-state index contributed by atoms with van der Waals surface area (Å²) in [5, 5.41) is 6.01. The van der Waals surface area contributed by atoms with Gasteiger partial charge in [0.2, 0.25) is 0 Å². The normalized spacial score (nSPS) is 11.2. The van der Waals surface area contributed by atoms with Crippen molar-refractivity contribution in [3.8, 4) is 0 Å². The van der Waals surface area contributed by atoms with E-state index in [1.807, 2.05) is 25.1 Å². The molecule has 0 aromatic heterocycles. The van der Waals surface area contributed by atoms with Crippen LogP contribution >= 0.6 is 23.2 Å². The minimum Gasteiger partial charge on any atom is -0.0837 e. The van der Waals surface area contributed by atoms with E-state index in [0.717, 1.165) is 37.2 Å². The molecule has 0 radical (unpaired) electrons. The molecular weight excluding hydrogens is 251 g/mol. The highest BCUT2D eigenvalue weighted by molar-refractivity contribution is 6.38. The number of hydrogen-bond acceptors (Lipinski definition) is 0. The quantitative estimate of drug-likeness (QED) is 0.461. The molecule has 0 atom stereocenters. The van der Waals surface area contributed by atoms with Crippen LogP contribution in [0.4, 0.5) is 0 Å². The second-order valence-corrected chi connectivity index (χ2v) is 5.02. The van der Waals surface area contributed by atoms with E-state index >= 15 is 0 Å². The molecule has 2 heteroatoms. The Kier molecular flexibility index (Phi) is 2.50. The van der Waals surface area contributed by atoms with Gasteiger partial charge in [0.15, 0.2) is 0 Å². The molecule has 0 amide bonds. The van der Waals surface area contributed by atoms with Crippen molar-refractivity contribution in [1.29, 1.82) is 0 Å². The number of aryl methyl sites for hydroxylation is 1. The highest BCUT2D eigenvalue weighted by Crippen LogP contribution is 2.33. The summed E-state index contributed by atoms with van der Waals surface area (Å²) < 4.78 is 0. The molecule has 3 aromatic rings. The van der Waals surface area contributed by atoms with Crippen LogP contribution in [0, 0.1) is 6.92 Å². The lowest BCUT2D eigenvalue weighted by molar-refractivity contribution is 1.51. The van der Waals surface area contributed by atoms with E-state index in [1.54, 1.807) is 0 Å². The Morgan fingerprint density at radius 2 is 1.53 bits per heavy atom. The van der Waals surface area contributed by atoms with Crippen LogP contribution in [0.5, 0.6) is 0 Å². The first-order valence-corrected chi connectivity index (χ1v) is 6.19. The molecule has 0 unspecified atom stereocenters. The first-order valence-electron chi connectivity index (χ1n) is 5.44.